The van der Waals surface area contributed by atoms with Gasteiger partial charge in [0, 0.05) is 11.5 Å². The lowest BCUT2D eigenvalue weighted by Gasteiger charge is -2.41. The van der Waals surface area contributed by atoms with Crippen LogP contribution in [0.15, 0.2) is 12.2 Å². The fourth-order valence-electron chi connectivity index (χ4n) is 3.87. The van der Waals surface area contributed by atoms with Crippen molar-refractivity contribution in [2.45, 2.75) is 44.8 Å². The molecule has 0 aromatic rings. The molecule has 0 aromatic heterocycles. The van der Waals surface area contributed by atoms with Crippen LogP contribution in [0.2, 0.25) is 0 Å². The van der Waals surface area contributed by atoms with Crippen molar-refractivity contribution in [1.82, 2.24) is 0 Å². The SMILES string of the molecule is C=C(C)C(=O)OCC(=O)OC1C2CC3CC(C[C@@H]1C3)C(=O)O2. The predicted octanol–water partition coefficient (Wildman–Crippen LogP) is 1.38. The summed E-state index contributed by atoms with van der Waals surface area (Å²) in [6.45, 7) is 4.51. The maximum atomic E-state index is 11.9. The summed E-state index contributed by atoms with van der Waals surface area (Å²) < 4.78 is 15.7. The van der Waals surface area contributed by atoms with Crippen molar-refractivity contribution in [2.75, 3.05) is 6.61 Å². The molecular weight excluding hydrogens is 288 g/mol. The zero-order chi connectivity index (χ0) is 15.9. The molecule has 4 aliphatic rings. The minimum Gasteiger partial charge on any atom is -0.458 e. The smallest absolute Gasteiger partial charge is 0.344 e. The molecule has 4 rings (SSSR count). The Labute approximate surface area is 128 Å². The Morgan fingerprint density at radius 1 is 1.27 bits per heavy atom. The summed E-state index contributed by atoms with van der Waals surface area (Å²) in [5.41, 5.74) is 0.230. The largest absolute Gasteiger partial charge is 0.458 e. The first kappa shape index (κ1) is 15.1. The highest BCUT2D eigenvalue weighted by Gasteiger charge is 2.51. The minimum atomic E-state index is -0.620. The van der Waals surface area contributed by atoms with Gasteiger partial charge in [-0.15, -0.1) is 0 Å². The molecule has 0 radical (unpaired) electrons. The first-order chi connectivity index (χ1) is 10.4. The van der Waals surface area contributed by atoms with E-state index in [-0.39, 0.29) is 29.5 Å². The van der Waals surface area contributed by atoms with E-state index in [1.165, 1.54) is 6.92 Å². The van der Waals surface area contributed by atoms with E-state index in [1.807, 2.05) is 0 Å². The summed E-state index contributed by atoms with van der Waals surface area (Å²) in [5, 5.41) is 0. The number of esters is 3. The van der Waals surface area contributed by atoms with E-state index in [0.29, 0.717) is 5.92 Å². The topological polar surface area (TPSA) is 78.9 Å². The third-order valence-corrected chi connectivity index (χ3v) is 4.78. The molecule has 6 heteroatoms. The zero-order valence-electron chi connectivity index (χ0n) is 12.6. The Morgan fingerprint density at radius 2 is 2.05 bits per heavy atom. The van der Waals surface area contributed by atoms with Gasteiger partial charge in [-0.25, -0.2) is 9.59 Å². The van der Waals surface area contributed by atoms with Gasteiger partial charge in [-0.3, -0.25) is 4.79 Å². The van der Waals surface area contributed by atoms with E-state index in [2.05, 4.69) is 6.58 Å². The van der Waals surface area contributed by atoms with Gasteiger partial charge >= 0.3 is 17.9 Å². The molecule has 5 atom stereocenters. The third kappa shape index (κ3) is 2.87. The maximum Gasteiger partial charge on any atom is 0.344 e. The molecule has 0 N–H and O–H groups in total. The highest BCUT2D eigenvalue weighted by molar-refractivity contribution is 5.88. The highest BCUT2D eigenvalue weighted by Crippen LogP contribution is 2.48. The van der Waals surface area contributed by atoms with E-state index < -0.39 is 24.6 Å². The van der Waals surface area contributed by atoms with Crippen LogP contribution >= 0.6 is 0 Å². The first-order valence-electron chi connectivity index (χ1n) is 7.66. The lowest BCUT2D eigenvalue weighted by Crippen LogP contribution is -2.45. The van der Waals surface area contributed by atoms with Crippen LogP contribution in [0.5, 0.6) is 0 Å². The van der Waals surface area contributed by atoms with E-state index >= 15 is 0 Å². The molecule has 0 amide bonds. The number of hydrogen-bond donors (Lipinski definition) is 0. The molecule has 2 saturated carbocycles. The van der Waals surface area contributed by atoms with Crippen molar-refractivity contribution in [3.05, 3.63) is 12.2 Å². The number of carbonyl (C=O) groups excluding carboxylic acids is 3. The van der Waals surface area contributed by atoms with Crippen LogP contribution in [0.25, 0.3) is 0 Å². The van der Waals surface area contributed by atoms with Gasteiger partial charge in [0.1, 0.15) is 12.2 Å². The zero-order valence-corrected chi connectivity index (χ0v) is 12.6. The van der Waals surface area contributed by atoms with Gasteiger partial charge in [-0.2, -0.15) is 0 Å². The predicted molar refractivity (Wildman–Crippen MR) is 74.5 cm³/mol. The minimum absolute atomic E-state index is 0.0568. The fourth-order valence-corrected chi connectivity index (χ4v) is 3.87. The summed E-state index contributed by atoms with van der Waals surface area (Å²) in [6.07, 6.45) is 2.55. The molecule has 120 valence electrons. The quantitative estimate of drug-likeness (QED) is 0.443. The van der Waals surface area contributed by atoms with Crippen LogP contribution < -0.4 is 0 Å². The van der Waals surface area contributed by atoms with Crippen molar-refractivity contribution in [3.63, 3.8) is 0 Å². The molecule has 2 saturated heterocycles. The number of hydrogen-bond acceptors (Lipinski definition) is 6. The van der Waals surface area contributed by atoms with Gasteiger partial charge in [-0.05, 0) is 38.5 Å². The molecule has 2 aliphatic carbocycles. The van der Waals surface area contributed by atoms with Crippen LogP contribution in [0.4, 0.5) is 0 Å². The highest BCUT2D eigenvalue weighted by atomic mass is 16.6. The summed E-state index contributed by atoms with van der Waals surface area (Å²) in [5.74, 6) is -0.803. The van der Waals surface area contributed by atoms with Crippen molar-refractivity contribution in [2.24, 2.45) is 17.8 Å². The fraction of sp³-hybridized carbons (Fsp3) is 0.688. The van der Waals surface area contributed by atoms with Crippen molar-refractivity contribution < 1.29 is 28.6 Å². The summed E-state index contributed by atoms with van der Waals surface area (Å²) in [4.78, 5) is 35.1. The third-order valence-electron chi connectivity index (χ3n) is 4.78. The molecule has 6 nitrogen and oxygen atoms in total. The second-order valence-corrected chi connectivity index (χ2v) is 6.55. The molecule has 2 heterocycles. The van der Waals surface area contributed by atoms with Crippen molar-refractivity contribution in [1.29, 1.82) is 0 Å². The number of fused-ring (bicyclic) bond motifs is 1. The van der Waals surface area contributed by atoms with Gasteiger partial charge < -0.3 is 14.2 Å². The molecule has 2 aliphatic heterocycles. The molecular formula is C16H20O6. The van der Waals surface area contributed by atoms with Gasteiger partial charge in [-0.1, -0.05) is 6.58 Å². The maximum absolute atomic E-state index is 11.9. The van der Waals surface area contributed by atoms with Crippen LogP contribution in [0.3, 0.4) is 0 Å². The van der Waals surface area contributed by atoms with Crippen LogP contribution in [0.1, 0.15) is 32.6 Å². The molecule has 0 spiro atoms. The monoisotopic (exact) mass is 308 g/mol. The second kappa shape index (κ2) is 5.74. The molecule has 0 aromatic carbocycles. The average Bonchev–Trinajstić information content (AvgIpc) is 2.62. The van der Waals surface area contributed by atoms with E-state index in [4.69, 9.17) is 14.2 Å². The molecule has 4 fully saturated rings. The van der Waals surface area contributed by atoms with Gasteiger partial charge in [0.05, 0.1) is 5.92 Å². The summed E-state index contributed by atoms with van der Waals surface area (Å²) in [6, 6.07) is 0. The van der Waals surface area contributed by atoms with E-state index in [9.17, 15) is 14.4 Å². The Hall–Kier alpha value is -1.85. The molecule has 4 unspecified atom stereocenters. The summed E-state index contributed by atoms with van der Waals surface area (Å²) in [7, 11) is 0. The van der Waals surface area contributed by atoms with Crippen LogP contribution in [0, 0.1) is 17.8 Å². The van der Waals surface area contributed by atoms with Crippen LogP contribution in [-0.4, -0.2) is 36.7 Å². The molecule has 22 heavy (non-hydrogen) atoms. The van der Waals surface area contributed by atoms with Crippen LogP contribution in [-0.2, 0) is 28.6 Å². The Bertz CT molecular complexity index is 525. The molecule has 4 bridgehead atoms. The summed E-state index contributed by atoms with van der Waals surface area (Å²) >= 11 is 0. The second-order valence-electron chi connectivity index (χ2n) is 6.55. The first-order valence-corrected chi connectivity index (χ1v) is 7.66. The van der Waals surface area contributed by atoms with E-state index in [0.717, 1.165) is 25.7 Å². The van der Waals surface area contributed by atoms with Gasteiger partial charge in [0.15, 0.2) is 6.61 Å². The van der Waals surface area contributed by atoms with Crippen molar-refractivity contribution in [3.8, 4) is 0 Å². The van der Waals surface area contributed by atoms with Gasteiger partial charge in [0.25, 0.3) is 0 Å². The lowest BCUT2D eigenvalue weighted by molar-refractivity contribution is -0.177. The Kier molecular flexibility index (Phi) is 3.93. The number of rotatable bonds is 4. The number of ether oxygens (including phenoxy) is 3. The standard InChI is InChI=1S/C16H20O6/c1-8(2)15(18)20-7-13(17)22-14-10-3-9-4-11(6-10)16(19)21-12(14)5-9/h9-12,14H,1,3-7H2,2H3/t9?,10-,11?,12?,14?/m0/s1. The van der Waals surface area contributed by atoms with Crippen molar-refractivity contribution >= 4 is 17.9 Å². The normalized spacial score (nSPS) is 35.5. The van der Waals surface area contributed by atoms with Gasteiger partial charge in [0.2, 0.25) is 0 Å². The lowest BCUT2D eigenvalue weighted by atomic mass is 9.67. The Balaban J connectivity index is 1.60. The number of carbonyl (C=O) groups is 3. The average molecular weight is 308 g/mol. The van der Waals surface area contributed by atoms with E-state index in [1.54, 1.807) is 0 Å². The Morgan fingerprint density at radius 3 is 2.77 bits per heavy atom.